The van der Waals surface area contributed by atoms with Crippen LogP contribution in [-0.2, 0) is 11.3 Å². The standard InChI is InChI=1S/C14H20F2N2O/c1-9(2)18-14(19)10(3)17-8-11-4-6-12(7-5-11)13(15)16/h4-7,9-10,13,17H,8H2,1-3H3,(H,18,19). The van der Waals surface area contributed by atoms with E-state index in [9.17, 15) is 13.6 Å². The Kier molecular flexibility index (Phi) is 5.89. The molecule has 2 N–H and O–H groups in total. The quantitative estimate of drug-likeness (QED) is 0.834. The summed E-state index contributed by atoms with van der Waals surface area (Å²) in [7, 11) is 0. The summed E-state index contributed by atoms with van der Waals surface area (Å²) in [6, 6.07) is 5.86. The predicted octanol–water partition coefficient (Wildman–Crippen LogP) is 2.63. The number of hydrogen-bond acceptors (Lipinski definition) is 2. The summed E-state index contributed by atoms with van der Waals surface area (Å²) in [4.78, 5) is 11.6. The van der Waals surface area contributed by atoms with Gasteiger partial charge in [0.1, 0.15) is 0 Å². The van der Waals surface area contributed by atoms with E-state index >= 15 is 0 Å². The molecule has 0 fully saturated rings. The molecule has 1 unspecified atom stereocenters. The highest BCUT2D eigenvalue weighted by atomic mass is 19.3. The van der Waals surface area contributed by atoms with Crippen molar-refractivity contribution in [2.24, 2.45) is 0 Å². The second-order valence-corrected chi connectivity index (χ2v) is 4.81. The van der Waals surface area contributed by atoms with E-state index in [2.05, 4.69) is 10.6 Å². The van der Waals surface area contributed by atoms with E-state index in [0.717, 1.165) is 5.56 Å². The summed E-state index contributed by atoms with van der Waals surface area (Å²) < 4.78 is 24.7. The number of carbonyl (C=O) groups excluding carboxylic acids is 1. The van der Waals surface area contributed by atoms with Crippen LogP contribution in [0.5, 0.6) is 0 Å². The largest absolute Gasteiger partial charge is 0.353 e. The van der Waals surface area contributed by atoms with Crippen molar-refractivity contribution >= 4 is 5.91 Å². The Morgan fingerprint density at radius 2 is 1.74 bits per heavy atom. The average Bonchev–Trinajstić information content (AvgIpc) is 2.35. The Bertz CT molecular complexity index is 404. The Hall–Kier alpha value is -1.49. The molecule has 0 bridgehead atoms. The van der Waals surface area contributed by atoms with Crippen molar-refractivity contribution < 1.29 is 13.6 Å². The molecular formula is C14H20F2N2O. The van der Waals surface area contributed by atoms with Crippen LogP contribution >= 0.6 is 0 Å². The monoisotopic (exact) mass is 270 g/mol. The van der Waals surface area contributed by atoms with Crippen molar-refractivity contribution in [2.75, 3.05) is 0 Å². The van der Waals surface area contributed by atoms with Gasteiger partial charge in [-0.2, -0.15) is 0 Å². The molecule has 0 spiro atoms. The fraction of sp³-hybridized carbons (Fsp3) is 0.500. The Balaban J connectivity index is 2.45. The first-order chi connectivity index (χ1) is 8.90. The second-order valence-electron chi connectivity index (χ2n) is 4.81. The Morgan fingerprint density at radius 1 is 1.16 bits per heavy atom. The minimum Gasteiger partial charge on any atom is -0.353 e. The highest BCUT2D eigenvalue weighted by Gasteiger charge is 2.12. The van der Waals surface area contributed by atoms with E-state index in [1.54, 1.807) is 19.1 Å². The molecule has 0 aromatic heterocycles. The molecule has 1 aromatic rings. The normalized spacial score (nSPS) is 12.8. The number of benzene rings is 1. The third-order valence-corrected chi connectivity index (χ3v) is 2.67. The SMILES string of the molecule is CC(C)NC(=O)C(C)NCc1ccc(C(F)F)cc1. The van der Waals surface area contributed by atoms with Crippen LogP contribution in [0.2, 0.25) is 0 Å². The number of carbonyl (C=O) groups is 1. The molecule has 1 amide bonds. The highest BCUT2D eigenvalue weighted by molar-refractivity contribution is 5.81. The first kappa shape index (κ1) is 15.6. The molecule has 19 heavy (non-hydrogen) atoms. The summed E-state index contributed by atoms with van der Waals surface area (Å²) in [5, 5.41) is 5.86. The van der Waals surface area contributed by atoms with E-state index in [-0.39, 0.29) is 23.6 Å². The van der Waals surface area contributed by atoms with E-state index in [1.807, 2.05) is 13.8 Å². The van der Waals surface area contributed by atoms with Crippen molar-refractivity contribution in [1.82, 2.24) is 10.6 Å². The van der Waals surface area contributed by atoms with Crippen molar-refractivity contribution in [3.05, 3.63) is 35.4 Å². The molecule has 3 nitrogen and oxygen atoms in total. The van der Waals surface area contributed by atoms with Crippen LogP contribution in [0.1, 0.15) is 38.3 Å². The second kappa shape index (κ2) is 7.19. The first-order valence-corrected chi connectivity index (χ1v) is 6.31. The Morgan fingerprint density at radius 3 is 2.21 bits per heavy atom. The van der Waals surface area contributed by atoms with Crippen LogP contribution in [0.3, 0.4) is 0 Å². The fourth-order valence-corrected chi connectivity index (χ4v) is 1.55. The van der Waals surface area contributed by atoms with E-state index in [1.165, 1.54) is 12.1 Å². The minimum absolute atomic E-state index is 0.00866. The molecule has 106 valence electrons. The number of hydrogen-bond donors (Lipinski definition) is 2. The van der Waals surface area contributed by atoms with Crippen molar-refractivity contribution in [2.45, 2.75) is 45.8 Å². The van der Waals surface area contributed by atoms with E-state index in [4.69, 9.17) is 0 Å². The van der Waals surface area contributed by atoms with Gasteiger partial charge in [-0.15, -0.1) is 0 Å². The fourth-order valence-electron chi connectivity index (χ4n) is 1.55. The predicted molar refractivity (Wildman–Crippen MR) is 71.0 cm³/mol. The molecule has 0 heterocycles. The van der Waals surface area contributed by atoms with Gasteiger partial charge in [0, 0.05) is 18.2 Å². The molecular weight excluding hydrogens is 250 g/mol. The lowest BCUT2D eigenvalue weighted by atomic mass is 10.1. The zero-order valence-corrected chi connectivity index (χ0v) is 11.4. The topological polar surface area (TPSA) is 41.1 Å². The molecule has 0 aliphatic carbocycles. The molecule has 1 rings (SSSR count). The molecule has 5 heteroatoms. The lowest BCUT2D eigenvalue weighted by Crippen LogP contribution is -2.44. The van der Waals surface area contributed by atoms with Gasteiger partial charge in [0.2, 0.25) is 5.91 Å². The number of nitrogens with one attached hydrogen (secondary N) is 2. The highest BCUT2D eigenvalue weighted by Crippen LogP contribution is 2.18. The molecule has 1 aromatic carbocycles. The van der Waals surface area contributed by atoms with Gasteiger partial charge < -0.3 is 10.6 Å². The van der Waals surface area contributed by atoms with Crippen molar-refractivity contribution in [3.8, 4) is 0 Å². The van der Waals surface area contributed by atoms with E-state index in [0.29, 0.717) is 6.54 Å². The summed E-state index contributed by atoms with van der Waals surface area (Å²) >= 11 is 0. The molecule has 0 radical (unpaired) electrons. The lowest BCUT2D eigenvalue weighted by Gasteiger charge is -2.16. The maximum absolute atomic E-state index is 12.4. The van der Waals surface area contributed by atoms with Crippen LogP contribution in [0.4, 0.5) is 8.78 Å². The van der Waals surface area contributed by atoms with Gasteiger partial charge in [0.25, 0.3) is 6.43 Å². The first-order valence-electron chi connectivity index (χ1n) is 6.31. The van der Waals surface area contributed by atoms with Crippen LogP contribution in [0.25, 0.3) is 0 Å². The maximum Gasteiger partial charge on any atom is 0.263 e. The van der Waals surface area contributed by atoms with Gasteiger partial charge >= 0.3 is 0 Å². The van der Waals surface area contributed by atoms with Crippen LogP contribution in [0.15, 0.2) is 24.3 Å². The van der Waals surface area contributed by atoms with Gasteiger partial charge in [-0.1, -0.05) is 24.3 Å². The van der Waals surface area contributed by atoms with Gasteiger partial charge in [-0.05, 0) is 26.3 Å². The molecule has 0 saturated carbocycles. The third-order valence-electron chi connectivity index (χ3n) is 2.67. The summed E-state index contributed by atoms with van der Waals surface area (Å²) in [5.41, 5.74) is 0.878. The molecule has 0 aliphatic heterocycles. The number of amides is 1. The van der Waals surface area contributed by atoms with E-state index < -0.39 is 6.43 Å². The summed E-state index contributed by atoms with van der Waals surface area (Å²) in [6.45, 7) is 6.03. The zero-order valence-electron chi connectivity index (χ0n) is 11.4. The number of rotatable bonds is 6. The van der Waals surface area contributed by atoms with Crippen molar-refractivity contribution in [1.29, 1.82) is 0 Å². The summed E-state index contributed by atoms with van der Waals surface area (Å²) in [5.74, 6) is -0.0702. The van der Waals surface area contributed by atoms with Crippen LogP contribution in [0, 0.1) is 0 Å². The third kappa shape index (κ3) is 5.34. The van der Waals surface area contributed by atoms with Gasteiger partial charge in [-0.3, -0.25) is 4.79 Å². The Labute approximate surface area is 112 Å². The summed E-state index contributed by atoms with van der Waals surface area (Å²) in [6.07, 6.45) is -2.45. The lowest BCUT2D eigenvalue weighted by molar-refractivity contribution is -0.123. The minimum atomic E-state index is -2.45. The van der Waals surface area contributed by atoms with Gasteiger partial charge in [0.15, 0.2) is 0 Å². The number of alkyl halides is 2. The smallest absolute Gasteiger partial charge is 0.263 e. The molecule has 0 saturated heterocycles. The van der Waals surface area contributed by atoms with Gasteiger partial charge in [0.05, 0.1) is 6.04 Å². The van der Waals surface area contributed by atoms with Crippen molar-refractivity contribution in [3.63, 3.8) is 0 Å². The van der Waals surface area contributed by atoms with Gasteiger partial charge in [-0.25, -0.2) is 8.78 Å². The molecule has 1 atom stereocenters. The van der Waals surface area contributed by atoms with Crippen LogP contribution in [-0.4, -0.2) is 18.0 Å². The number of halogens is 2. The molecule has 0 aliphatic rings. The zero-order chi connectivity index (χ0) is 14.4. The van der Waals surface area contributed by atoms with Crippen LogP contribution < -0.4 is 10.6 Å². The maximum atomic E-state index is 12.4. The average molecular weight is 270 g/mol.